The SMILES string of the molecule is CCOc1ccc(C)cc1C(O)CN. The van der Waals surface area contributed by atoms with E-state index in [4.69, 9.17) is 10.5 Å². The topological polar surface area (TPSA) is 55.5 Å². The van der Waals surface area contributed by atoms with Crippen LogP contribution in [0.1, 0.15) is 24.2 Å². The lowest BCUT2D eigenvalue weighted by Gasteiger charge is -2.14. The van der Waals surface area contributed by atoms with E-state index in [1.165, 1.54) is 0 Å². The third-order valence-corrected chi connectivity index (χ3v) is 2.05. The lowest BCUT2D eigenvalue weighted by molar-refractivity contribution is 0.180. The monoisotopic (exact) mass is 195 g/mol. The van der Waals surface area contributed by atoms with E-state index in [9.17, 15) is 5.11 Å². The number of aliphatic hydroxyl groups is 1. The van der Waals surface area contributed by atoms with Crippen molar-refractivity contribution in [2.75, 3.05) is 13.2 Å². The van der Waals surface area contributed by atoms with Crippen molar-refractivity contribution in [1.82, 2.24) is 0 Å². The Kier molecular flexibility index (Phi) is 3.92. The predicted octanol–water partition coefficient (Wildman–Crippen LogP) is 1.39. The van der Waals surface area contributed by atoms with E-state index in [0.717, 1.165) is 16.9 Å². The first-order valence-corrected chi connectivity index (χ1v) is 4.80. The molecule has 78 valence electrons. The molecule has 14 heavy (non-hydrogen) atoms. The summed E-state index contributed by atoms with van der Waals surface area (Å²) in [7, 11) is 0. The molecule has 0 radical (unpaired) electrons. The highest BCUT2D eigenvalue weighted by molar-refractivity contribution is 5.38. The van der Waals surface area contributed by atoms with E-state index in [1.54, 1.807) is 0 Å². The Labute approximate surface area is 84.5 Å². The minimum atomic E-state index is -0.642. The van der Waals surface area contributed by atoms with Crippen LogP contribution in [0, 0.1) is 6.92 Å². The van der Waals surface area contributed by atoms with Gasteiger partial charge in [0.1, 0.15) is 5.75 Å². The van der Waals surface area contributed by atoms with Crippen LogP contribution in [0.4, 0.5) is 0 Å². The third kappa shape index (κ3) is 2.47. The predicted molar refractivity (Wildman–Crippen MR) is 56.4 cm³/mol. The Bertz CT molecular complexity index is 299. The summed E-state index contributed by atoms with van der Waals surface area (Å²) in [5, 5.41) is 9.66. The number of aliphatic hydroxyl groups excluding tert-OH is 1. The van der Waals surface area contributed by atoms with E-state index < -0.39 is 6.10 Å². The maximum atomic E-state index is 9.66. The molecule has 1 atom stereocenters. The molecule has 0 bridgehead atoms. The molecular formula is C11H17NO2. The van der Waals surface area contributed by atoms with Crippen LogP contribution in [-0.4, -0.2) is 18.3 Å². The van der Waals surface area contributed by atoms with Gasteiger partial charge in [-0.3, -0.25) is 0 Å². The smallest absolute Gasteiger partial charge is 0.125 e. The minimum Gasteiger partial charge on any atom is -0.493 e. The summed E-state index contributed by atoms with van der Waals surface area (Å²) in [6, 6.07) is 5.73. The molecule has 0 saturated heterocycles. The Morgan fingerprint density at radius 1 is 1.50 bits per heavy atom. The fraction of sp³-hybridized carbons (Fsp3) is 0.455. The molecule has 0 aliphatic heterocycles. The van der Waals surface area contributed by atoms with E-state index in [1.807, 2.05) is 32.0 Å². The van der Waals surface area contributed by atoms with Crippen molar-refractivity contribution in [3.8, 4) is 5.75 Å². The summed E-state index contributed by atoms with van der Waals surface area (Å²) in [5.41, 5.74) is 7.28. The molecule has 0 spiro atoms. The average Bonchev–Trinajstić information content (AvgIpc) is 2.20. The van der Waals surface area contributed by atoms with Crippen LogP contribution in [0.5, 0.6) is 5.75 Å². The number of ether oxygens (including phenoxy) is 1. The van der Waals surface area contributed by atoms with E-state index >= 15 is 0 Å². The van der Waals surface area contributed by atoms with Crippen LogP contribution in [0.15, 0.2) is 18.2 Å². The van der Waals surface area contributed by atoms with Gasteiger partial charge in [0.25, 0.3) is 0 Å². The molecule has 3 heteroatoms. The van der Waals surface area contributed by atoms with Crippen molar-refractivity contribution in [3.05, 3.63) is 29.3 Å². The Morgan fingerprint density at radius 2 is 2.21 bits per heavy atom. The summed E-state index contributed by atoms with van der Waals surface area (Å²) >= 11 is 0. The van der Waals surface area contributed by atoms with Gasteiger partial charge in [0.2, 0.25) is 0 Å². The first kappa shape index (κ1) is 11.0. The standard InChI is InChI=1S/C11H17NO2/c1-3-14-11-5-4-8(2)6-9(11)10(13)7-12/h4-6,10,13H,3,7,12H2,1-2H3. The molecule has 1 aromatic carbocycles. The second-order valence-corrected chi connectivity index (χ2v) is 3.23. The van der Waals surface area contributed by atoms with Gasteiger partial charge in [0.05, 0.1) is 12.7 Å². The maximum Gasteiger partial charge on any atom is 0.125 e. The van der Waals surface area contributed by atoms with Crippen molar-refractivity contribution in [2.45, 2.75) is 20.0 Å². The quantitative estimate of drug-likeness (QED) is 0.763. The lowest BCUT2D eigenvalue weighted by atomic mass is 10.1. The number of hydrogen-bond donors (Lipinski definition) is 2. The van der Waals surface area contributed by atoms with E-state index in [2.05, 4.69) is 0 Å². The fourth-order valence-corrected chi connectivity index (χ4v) is 1.34. The normalized spacial score (nSPS) is 12.6. The molecule has 0 aliphatic carbocycles. The lowest BCUT2D eigenvalue weighted by Crippen LogP contribution is -2.13. The van der Waals surface area contributed by atoms with Gasteiger partial charge < -0.3 is 15.6 Å². The van der Waals surface area contributed by atoms with Gasteiger partial charge in [-0.2, -0.15) is 0 Å². The van der Waals surface area contributed by atoms with Crippen LogP contribution < -0.4 is 10.5 Å². The van der Waals surface area contributed by atoms with Crippen molar-refractivity contribution < 1.29 is 9.84 Å². The van der Waals surface area contributed by atoms with Crippen molar-refractivity contribution in [2.24, 2.45) is 5.73 Å². The summed E-state index contributed by atoms with van der Waals surface area (Å²) in [5.74, 6) is 0.719. The third-order valence-electron chi connectivity index (χ3n) is 2.05. The molecule has 1 unspecified atom stereocenters. The number of hydrogen-bond acceptors (Lipinski definition) is 3. The molecule has 1 aromatic rings. The van der Waals surface area contributed by atoms with Gasteiger partial charge in [-0.15, -0.1) is 0 Å². The number of rotatable bonds is 4. The van der Waals surface area contributed by atoms with Crippen LogP contribution in [0.2, 0.25) is 0 Å². The second-order valence-electron chi connectivity index (χ2n) is 3.23. The Balaban J connectivity index is 3.02. The van der Waals surface area contributed by atoms with E-state index in [0.29, 0.717) is 6.61 Å². The Morgan fingerprint density at radius 3 is 2.79 bits per heavy atom. The van der Waals surface area contributed by atoms with Gasteiger partial charge in [0.15, 0.2) is 0 Å². The molecule has 3 nitrogen and oxygen atoms in total. The number of benzene rings is 1. The molecule has 3 N–H and O–H groups in total. The molecular weight excluding hydrogens is 178 g/mol. The van der Waals surface area contributed by atoms with Crippen LogP contribution in [0.25, 0.3) is 0 Å². The minimum absolute atomic E-state index is 0.212. The van der Waals surface area contributed by atoms with Crippen molar-refractivity contribution in [1.29, 1.82) is 0 Å². The molecule has 0 heterocycles. The molecule has 0 fully saturated rings. The first-order valence-electron chi connectivity index (χ1n) is 4.80. The van der Waals surface area contributed by atoms with Gasteiger partial charge in [-0.1, -0.05) is 11.6 Å². The van der Waals surface area contributed by atoms with Crippen molar-refractivity contribution >= 4 is 0 Å². The Hall–Kier alpha value is -1.06. The average molecular weight is 195 g/mol. The highest BCUT2D eigenvalue weighted by Crippen LogP contribution is 2.25. The van der Waals surface area contributed by atoms with Gasteiger partial charge in [-0.25, -0.2) is 0 Å². The summed E-state index contributed by atoms with van der Waals surface area (Å²) < 4.78 is 5.40. The summed E-state index contributed by atoms with van der Waals surface area (Å²) in [4.78, 5) is 0. The maximum absolute atomic E-state index is 9.66. The molecule has 1 rings (SSSR count). The van der Waals surface area contributed by atoms with E-state index in [-0.39, 0.29) is 6.54 Å². The second kappa shape index (κ2) is 4.98. The van der Waals surface area contributed by atoms with Gasteiger partial charge in [0, 0.05) is 12.1 Å². The van der Waals surface area contributed by atoms with Crippen molar-refractivity contribution in [3.63, 3.8) is 0 Å². The molecule has 0 aliphatic rings. The summed E-state index contributed by atoms with van der Waals surface area (Å²) in [6.45, 7) is 4.69. The fourth-order valence-electron chi connectivity index (χ4n) is 1.34. The summed E-state index contributed by atoms with van der Waals surface area (Å²) in [6.07, 6.45) is -0.642. The first-order chi connectivity index (χ1) is 6.69. The number of nitrogens with two attached hydrogens (primary N) is 1. The highest BCUT2D eigenvalue weighted by Gasteiger charge is 2.11. The molecule has 0 saturated carbocycles. The molecule has 0 amide bonds. The highest BCUT2D eigenvalue weighted by atomic mass is 16.5. The molecule has 0 aromatic heterocycles. The zero-order valence-corrected chi connectivity index (χ0v) is 8.66. The number of aryl methyl sites for hydroxylation is 1. The van der Waals surface area contributed by atoms with Gasteiger partial charge in [-0.05, 0) is 26.0 Å². The van der Waals surface area contributed by atoms with Crippen LogP contribution in [0.3, 0.4) is 0 Å². The zero-order valence-electron chi connectivity index (χ0n) is 8.66. The van der Waals surface area contributed by atoms with Crippen LogP contribution in [-0.2, 0) is 0 Å². The van der Waals surface area contributed by atoms with Gasteiger partial charge >= 0.3 is 0 Å². The zero-order chi connectivity index (χ0) is 10.6. The largest absolute Gasteiger partial charge is 0.493 e. The van der Waals surface area contributed by atoms with Crippen LogP contribution >= 0.6 is 0 Å².